The van der Waals surface area contributed by atoms with Crippen molar-refractivity contribution in [1.82, 2.24) is 4.90 Å². The van der Waals surface area contributed by atoms with E-state index < -0.39 is 15.4 Å². The molecule has 0 aromatic heterocycles. The maximum Gasteiger partial charge on any atom is 0.150 e. The predicted octanol–water partition coefficient (Wildman–Crippen LogP) is 1.04. The van der Waals surface area contributed by atoms with Crippen LogP contribution in [0.2, 0.25) is 0 Å². The maximum atomic E-state index is 11.6. The molecule has 1 aliphatic heterocycles. The highest BCUT2D eigenvalue weighted by Gasteiger charge is 2.47. The van der Waals surface area contributed by atoms with Crippen molar-refractivity contribution in [2.24, 2.45) is 5.92 Å². The molecule has 2 aliphatic rings. The maximum absolute atomic E-state index is 11.6. The van der Waals surface area contributed by atoms with Gasteiger partial charge in [-0.25, -0.2) is 8.42 Å². The lowest BCUT2D eigenvalue weighted by Crippen LogP contribution is -2.67. The highest BCUT2D eigenvalue weighted by molar-refractivity contribution is 7.91. The number of nitrogens with zero attached hydrogens (tertiary/aromatic N) is 1. The first-order valence-electron chi connectivity index (χ1n) is 6.88. The van der Waals surface area contributed by atoms with Gasteiger partial charge in [-0.3, -0.25) is 4.90 Å². The molecule has 0 bridgehead atoms. The lowest BCUT2D eigenvalue weighted by molar-refractivity contribution is -0.145. The van der Waals surface area contributed by atoms with E-state index in [1.54, 1.807) is 0 Å². The summed E-state index contributed by atoms with van der Waals surface area (Å²) in [5, 5.41) is 10.1. The minimum atomic E-state index is -2.91. The first-order chi connectivity index (χ1) is 8.22. The van der Waals surface area contributed by atoms with Crippen molar-refractivity contribution in [2.45, 2.75) is 56.4 Å². The Morgan fingerprint density at radius 3 is 2.39 bits per heavy atom. The zero-order valence-corrected chi connectivity index (χ0v) is 12.4. The number of hydrogen-bond donors (Lipinski definition) is 1. The molecule has 1 heterocycles. The standard InChI is InChI=1S/C13H25NO3S/c1-10(2)13(15)8-14(9-13)11-5-4-6-12(7-11)18(3,16)17/h10-12,15H,4-9H2,1-3H3. The number of aliphatic hydroxyl groups is 1. The minimum absolute atomic E-state index is 0.177. The molecule has 18 heavy (non-hydrogen) atoms. The largest absolute Gasteiger partial charge is 0.387 e. The molecule has 0 amide bonds. The first kappa shape index (κ1) is 14.3. The van der Waals surface area contributed by atoms with Crippen LogP contribution in [-0.4, -0.2) is 54.7 Å². The number of β-amino-alcohol motifs (C(OH)–C–C–N with tert-alkyl or cyclic N) is 1. The van der Waals surface area contributed by atoms with E-state index in [4.69, 9.17) is 0 Å². The Labute approximate surface area is 110 Å². The summed E-state index contributed by atoms with van der Waals surface area (Å²) in [4.78, 5) is 2.26. The molecule has 1 N–H and O–H groups in total. The zero-order chi connectivity index (χ0) is 13.6. The van der Waals surface area contributed by atoms with Gasteiger partial charge in [0, 0.05) is 25.4 Å². The zero-order valence-electron chi connectivity index (χ0n) is 11.6. The Hall–Kier alpha value is -0.130. The summed E-state index contributed by atoms with van der Waals surface area (Å²) in [6.07, 6.45) is 4.95. The number of rotatable bonds is 3. The fourth-order valence-corrected chi connectivity index (χ4v) is 4.29. The monoisotopic (exact) mass is 275 g/mol. The molecule has 1 aliphatic carbocycles. The van der Waals surface area contributed by atoms with Crippen LogP contribution in [0.4, 0.5) is 0 Å². The van der Waals surface area contributed by atoms with Crippen molar-refractivity contribution in [3.8, 4) is 0 Å². The second-order valence-electron chi connectivity index (χ2n) is 6.44. The quantitative estimate of drug-likeness (QED) is 0.836. The molecule has 106 valence electrons. The normalized spacial score (nSPS) is 33.4. The van der Waals surface area contributed by atoms with Crippen LogP contribution in [0.1, 0.15) is 39.5 Å². The summed E-state index contributed by atoms with van der Waals surface area (Å²) in [6.45, 7) is 5.48. The van der Waals surface area contributed by atoms with Crippen LogP contribution in [0.25, 0.3) is 0 Å². The molecule has 1 saturated heterocycles. The predicted molar refractivity (Wildman–Crippen MR) is 72.2 cm³/mol. The Morgan fingerprint density at radius 1 is 1.28 bits per heavy atom. The second kappa shape index (κ2) is 4.76. The smallest absolute Gasteiger partial charge is 0.150 e. The molecule has 0 aromatic rings. The van der Waals surface area contributed by atoms with Crippen LogP contribution >= 0.6 is 0 Å². The van der Waals surface area contributed by atoms with Crippen LogP contribution in [-0.2, 0) is 9.84 Å². The molecule has 5 heteroatoms. The number of hydrogen-bond acceptors (Lipinski definition) is 4. The van der Waals surface area contributed by atoms with Gasteiger partial charge in [-0.1, -0.05) is 20.3 Å². The van der Waals surface area contributed by atoms with Gasteiger partial charge in [-0.2, -0.15) is 0 Å². The molecule has 0 radical (unpaired) electrons. The van der Waals surface area contributed by atoms with E-state index in [0.717, 1.165) is 25.7 Å². The SMILES string of the molecule is CC(C)C1(O)CN(C2CCCC(S(C)(=O)=O)C2)C1. The Balaban J connectivity index is 1.93. The fourth-order valence-electron chi connectivity index (χ4n) is 3.12. The van der Waals surface area contributed by atoms with Crippen LogP contribution in [0, 0.1) is 5.92 Å². The molecule has 4 nitrogen and oxygen atoms in total. The van der Waals surface area contributed by atoms with E-state index in [0.29, 0.717) is 19.1 Å². The second-order valence-corrected chi connectivity index (χ2v) is 8.76. The van der Waals surface area contributed by atoms with E-state index in [-0.39, 0.29) is 11.2 Å². The lowest BCUT2D eigenvalue weighted by Gasteiger charge is -2.53. The van der Waals surface area contributed by atoms with Crippen LogP contribution in [0.15, 0.2) is 0 Å². The third kappa shape index (κ3) is 2.73. The van der Waals surface area contributed by atoms with Gasteiger partial charge in [0.1, 0.15) is 9.84 Å². The van der Waals surface area contributed by atoms with Crippen molar-refractivity contribution in [2.75, 3.05) is 19.3 Å². The van der Waals surface area contributed by atoms with Crippen molar-refractivity contribution in [3.63, 3.8) is 0 Å². The van der Waals surface area contributed by atoms with Gasteiger partial charge in [0.2, 0.25) is 0 Å². The molecule has 2 fully saturated rings. The minimum Gasteiger partial charge on any atom is -0.387 e. The number of sulfone groups is 1. The Bertz CT molecular complexity index is 398. The van der Waals surface area contributed by atoms with Gasteiger partial charge in [0.05, 0.1) is 10.9 Å². The van der Waals surface area contributed by atoms with E-state index in [1.807, 2.05) is 13.8 Å². The van der Waals surface area contributed by atoms with E-state index in [2.05, 4.69) is 4.90 Å². The molecule has 2 unspecified atom stereocenters. The van der Waals surface area contributed by atoms with Crippen molar-refractivity contribution >= 4 is 9.84 Å². The third-order valence-electron chi connectivity index (χ3n) is 4.75. The van der Waals surface area contributed by atoms with Gasteiger partial charge in [0.15, 0.2) is 0 Å². The summed E-state index contributed by atoms with van der Waals surface area (Å²) in [6, 6.07) is 0.345. The van der Waals surface area contributed by atoms with Gasteiger partial charge in [-0.05, 0) is 25.2 Å². The van der Waals surface area contributed by atoms with Crippen LogP contribution in [0.5, 0.6) is 0 Å². The fraction of sp³-hybridized carbons (Fsp3) is 1.00. The first-order valence-corrected chi connectivity index (χ1v) is 8.83. The molecule has 1 saturated carbocycles. The van der Waals surface area contributed by atoms with Crippen molar-refractivity contribution < 1.29 is 13.5 Å². The number of likely N-dealkylation sites (tertiary alicyclic amines) is 1. The highest BCUT2D eigenvalue weighted by Crippen LogP contribution is 2.35. The van der Waals surface area contributed by atoms with Crippen LogP contribution < -0.4 is 0 Å². The average Bonchev–Trinajstić information content (AvgIpc) is 2.23. The summed E-state index contributed by atoms with van der Waals surface area (Å²) < 4.78 is 23.3. The molecular weight excluding hydrogens is 250 g/mol. The summed E-state index contributed by atoms with van der Waals surface area (Å²) in [5.74, 6) is 0.267. The van der Waals surface area contributed by atoms with E-state index in [1.165, 1.54) is 6.26 Å². The van der Waals surface area contributed by atoms with E-state index in [9.17, 15) is 13.5 Å². The topological polar surface area (TPSA) is 57.6 Å². The summed E-state index contributed by atoms with van der Waals surface area (Å²) in [5.41, 5.74) is -0.558. The third-order valence-corrected chi connectivity index (χ3v) is 6.39. The molecule has 0 aromatic carbocycles. The van der Waals surface area contributed by atoms with Gasteiger partial charge in [-0.15, -0.1) is 0 Å². The Kier molecular flexibility index (Phi) is 3.78. The summed E-state index contributed by atoms with van der Waals surface area (Å²) in [7, 11) is -2.91. The molecule has 2 rings (SSSR count). The molecule has 0 spiro atoms. The van der Waals surface area contributed by atoms with Gasteiger partial charge in [0.25, 0.3) is 0 Å². The van der Waals surface area contributed by atoms with Crippen molar-refractivity contribution in [1.29, 1.82) is 0 Å². The van der Waals surface area contributed by atoms with Gasteiger partial charge >= 0.3 is 0 Å². The van der Waals surface area contributed by atoms with Crippen LogP contribution in [0.3, 0.4) is 0 Å². The summed E-state index contributed by atoms with van der Waals surface area (Å²) >= 11 is 0. The molecular formula is C13H25NO3S. The molecule has 2 atom stereocenters. The Morgan fingerprint density at radius 2 is 1.89 bits per heavy atom. The lowest BCUT2D eigenvalue weighted by atomic mass is 9.80. The average molecular weight is 275 g/mol. The highest BCUT2D eigenvalue weighted by atomic mass is 32.2. The van der Waals surface area contributed by atoms with Crippen molar-refractivity contribution in [3.05, 3.63) is 0 Å². The van der Waals surface area contributed by atoms with E-state index >= 15 is 0 Å². The van der Waals surface area contributed by atoms with Gasteiger partial charge < -0.3 is 5.11 Å².